The fourth-order valence-electron chi connectivity index (χ4n) is 4.09. The minimum absolute atomic E-state index is 0.109. The molecule has 1 N–H and O–H groups in total. The molecule has 0 spiro atoms. The summed E-state index contributed by atoms with van der Waals surface area (Å²) in [6.07, 6.45) is 6.92. The molecule has 3 rings (SSSR count). The van der Waals surface area contributed by atoms with Crippen LogP contribution >= 0.6 is 11.8 Å². The number of nitrogens with zero attached hydrogens (tertiary/aromatic N) is 3. The van der Waals surface area contributed by atoms with Gasteiger partial charge in [-0.1, -0.05) is 38.8 Å². The van der Waals surface area contributed by atoms with Gasteiger partial charge in [0.2, 0.25) is 11.8 Å². The summed E-state index contributed by atoms with van der Waals surface area (Å²) in [5.74, 6) is 3.94. The van der Waals surface area contributed by atoms with Crippen molar-refractivity contribution >= 4 is 17.7 Å². The predicted octanol–water partition coefficient (Wildman–Crippen LogP) is 3.17. The standard InChI is InChI=1S/C20H34N4O2S/c1-19(2,3)18-22-17(26-23-18)8-6-7-16(25)21-15-20(9-4-5-10-20)24-11-13-27-14-12-24/h4-15H2,1-3H3,(H,21,25). The fourth-order valence-corrected chi connectivity index (χ4v) is 4.99. The molecule has 27 heavy (non-hydrogen) atoms. The van der Waals surface area contributed by atoms with Crippen LogP contribution in [-0.4, -0.2) is 57.6 Å². The Hall–Kier alpha value is -1.08. The largest absolute Gasteiger partial charge is 0.354 e. The van der Waals surface area contributed by atoms with E-state index in [9.17, 15) is 4.79 Å². The maximum atomic E-state index is 12.4. The molecule has 1 amide bonds. The number of carbonyl (C=O) groups excluding carboxylic acids is 1. The van der Waals surface area contributed by atoms with Gasteiger partial charge in [0, 0.05) is 54.9 Å². The molecule has 1 aromatic rings. The Bertz CT molecular complexity index is 614. The van der Waals surface area contributed by atoms with Gasteiger partial charge in [-0.25, -0.2) is 0 Å². The number of aryl methyl sites for hydroxylation is 1. The monoisotopic (exact) mass is 394 g/mol. The van der Waals surface area contributed by atoms with Gasteiger partial charge in [0.05, 0.1) is 0 Å². The summed E-state index contributed by atoms with van der Waals surface area (Å²) in [6.45, 7) is 9.31. The van der Waals surface area contributed by atoms with Crippen molar-refractivity contribution in [2.24, 2.45) is 0 Å². The molecule has 0 aromatic carbocycles. The Morgan fingerprint density at radius 1 is 1.26 bits per heavy atom. The number of thioether (sulfide) groups is 1. The van der Waals surface area contributed by atoms with Gasteiger partial charge in [-0.2, -0.15) is 16.7 Å². The lowest BCUT2D eigenvalue weighted by Crippen LogP contribution is -2.56. The van der Waals surface area contributed by atoms with E-state index in [1.165, 1.54) is 37.2 Å². The molecule has 1 saturated heterocycles. The number of nitrogens with one attached hydrogen (secondary N) is 1. The highest BCUT2D eigenvalue weighted by molar-refractivity contribution is 7.99. The van der Waals surface area contributed by atoms with E-state index in [4.69, 9.17) is 4.52 Å². The first-order valence-electron chi connectivity index (χ1n) is 10.3. The van der Waals surface area contributed by atoms with Crippen LogP contribution < -0.4 is 5.32 Å². The lowest BCUT2D eigenvalue weighted by atomic mass is 9.94. The number of carbonyl (C=O) groups is 1. The van der Waals surface area contributed by atoms with Crippen LogP contribution in [-0.2, 0) is 16.6 Å². The highest BCUT2D eigenvalue weighted by atomic mass is 32.2. The third kappa shape index (κ3) is 5.47. The van der Waals surface area contributed by atoms with E-state index in [0.717, 1.165) is 31.9 Å². The summed E-state index contributed by atoms with van der Waals surface area (Å²) in [6, 6.07) is 0. The van der Waals surface area contributed by atoms with Gasteiger partial charge in [0.25, 0.3) is 0 Å². The van der Waals surface area contributed by atoms with Crippen molar-refractivity contribution in [3.63, 3.8) is 0 Å². The molecular formula is C20H34N4O2S. The molecule has 0 radical (unpaired) electrons. The molecule has 1 aliphatic carbocycles. The van der Waals surface area contributed by atoms with Crippen LogP contribution in [0.15, 0.2) is 4.52 Å². The Morgan fingerprint density at radius 2 is 1.96 bits per heavy atom. The van der Waals surface area contributed by atoms with E-state index < -0.39 is 0 Å². The van der Waals surface area contributed by atoms with Crippen LogP contribution in [0.2, 0.25) is 0 Å². The van der Waals surface area contributed by atoms with Gasteiger partial charge in [0.15, 0.2) is 5.82 Å². The molecule has 0 bridgehead atoms. The Labute approximate surface area is 167 Å². The van der Waals surface area contributed by atoms with Crippen molar-refractivity contribution in [3.05, 3.63) is 11.7 Å². The van der Waals surface area contributed by atoms with Crippen LogP contribution in [0.3, 0.4) is 0 Å². The maximum Gasteiger partial charge on any atom is 0.226 e. The van der Waals surface area contributed by atoms with E-state index in [0.29, 0.717) is 18.7 Å². The van der Waals surface area contributed by atoms with Crippen molar-refractivity contribution in [2.75, 3.05) is 31.1 Å². The minimum Gasteiger partial charge on any atom is -0.354 e. The Balaban J connectivity index is 1.43. The lowest BCUT2D eigenvalue weighted by molar-refractivity contribution is -0.121. The topological polar surface area (TPSA) is 71.3 Å². The molecule has 152 valence electrons. The SMILES string of the molecule is CC(C)(C)c1noc(CCCC(=O)NCC2(N3CCSCC3)CCCC2)n1. The first-order chi connectivity index (χ1) is 12.9. The summed E-state index contributed by atoms with van der Waals surface area (Å²) in [7, 11) is 0. The van der Waals surface area contributed by atoms with E-state index in [-0.39, 0.29) is 16.9 Å². The molecule has 0 atom stereocenters. The third-order valence-electron chi connectivity index (χ3n) is 5.76. The maximum absolute atomic E-state index is 12.4. The van der Waals surface area contributed by atoms with Gasteiger partial charge >= 0.3 is 0 Å². The van der Waals surface area contributed by atoms with Crippen LogP contribution in [0.5, 0.6) is 0 Å². The summed E-state index contributed by atoms with van der Waals surface area (Å²) in [5.41, 5.74) is 0.0897. The molecule has 6 nitrogen and oxygen atoms in total. The van der Waals surface area contributed by atoms with Gasteiger partial charge in [-0.3, -0.25) is 9.69 Å². The van der Waals surface area contributed by atoms with Crippen molar-refractivity contribution < 1.29 is 9.32 Å². The molecule has 0 unspecified atom stereocenters. The minimum atomic E-state index is -0.109. The number of rotatable bonds is 7. The zero-order valence-electron chi connectivity index (χ0n) is 17.1. The zero-order valence-corrected chi connectivity index (χ0v) is 17.9. The summed E-state index contributed by atoms with van der Waals surface area (Å²) < 4.78 is 5.31. The highest BCUT2D eigenvalue weighted by Gasteiger charge is 2.40. The second-order valence-corrected chi connectivity index (χ2v) is 10.1. The smallest absolute Gasteiger partial charge is 0.226 e. The number of amides is 1. The quantitative estimate of drug-likeness (QED) is 0.766. The number of hydrogen-bond donors (Lipinski definition) is 1. The molecule has 1 aromatic heterocycles. The molecule has 1 saturated carbocycles. The molecular weight excluding hydrogens is 360 g/mol. The van der Waals surface area contributed by atoms with Gasteiger partial charge in [-0.15, -0.1) is 0 Å². The van der Waals surface area contributed by atoms with Gasteiger partial charge in [0.1, 0.15) is 0 Å². The highest BCUT2D eigenvalue weighted by Crippen LogP contribution is 2.36. The van der Waals surface area contributed by atoms with Crippen LogP contribution in [0.1, 0.15) is 71.0 Å². The average Bonchev–Trinajstić information content (AvgIpc) is 3.31. The Kier molecular flexibility index (Phi) is 6.84. The normalized spacial score (nSPS) is 20.7. The van der Waals surface area contributed by atoms with E-state index in [1.54, 1.807) is 0 Å². The number of hydrogen-bond acceptors (Lipinski definition) is 6. The lowest BCUT2D eigenvalue weighted by Gasteiger charge is -2.43. The third-order valence-corrected chi connectivity index (χ3v) is 6.71. The molecule has 2 heterocycles. The van der Waals surface area contributed by atoms with Gasteiger partial charge < -0.3 is 9.84 Å². The van der Waals surface area contributed by atoms with Gasteiger partial charge in [-0.05, 0) is 19.3 Å². The second-order valence-electron chi connectivity index (χ2n) is 8.92. The number of aromatic nitrogens is 2. The molecule has 7 heteroatoms. The first kappa shape index (κ1) is 20.6. The Morgan fingerprint density at radius 3 is 2.59 bits per heavy atom. The summed E-state index contributed by atoms with van der Waals surface area (Å²) in [5, 5.41) is 7.27. The summed E-state index contributed by atoms with van der Waals surface area (Å²) in [4.78, 5) is 19.5. The van der Waals surface area contributed by atoms with Crippen LogP contribution in [0, 0.1) is 0 Å². The van der Waals surface area contributed by atoms with Crippen molar-refractivity contribution in [1.29, 1.82) is 0 Å². The first-order valence-corrected chi connectivity index (χ1v) is 11.5. The van der Waals surface area contributed by atoms with Crippen LogP contribution in [0.25, 0.3) is 0 Å². The van der Waals surface area contributed by atoms with E-state index in [2.05, 4.69) is 41.1 Å². The molecule has 2 fully saturated rings. The zero-order chi connectivity index (χ0) is 19.3. The van der Waals surface area contributed by atoms with Crippen LogP contribution in [0.4, 0.5) is 0 Å². The fraction of sp³-hybridized carbons (Fsp3) is 0.850. The molecule has 1 aliphatic heterocycles. The summed E-state index contributed by atoms with van der Waals surface area (Å²) >= 11 is 2.04. The van der Waals surface area contributed by atoms with Crippen molar-refractivity contribution in [1.82, 2.24) is 20.4 Å². The van der Waals surface area contributed by atoms with E-state index >= 15 is 0 Å². The van der Waals surface area contributed by atoms with E-state index in [1.807, 2.05) is 11.8 Å². The van der Waals surface area contributed by atoms with Crippen molar-refractivity contribution in [2.45, 2.75) is 76.7 Å². The second kappa shape index (κ2) is 8.95. The van der Waals surface area contributed by atoms with Crippen molar-refractivity contribution in [3.8, 4) is 0 Å². The average molecular weight is 395 g/mol. The molecule has 2 aliphatic rings. The predicted molar refractivity (Wildman–Crippen MR) is 109 cm³/mol.